The second kappa shape index (κ2) is 7.06. The third kappa shape index (κ3) is 4.32. The van der Waals surface area contributed by atoms with Crippen molar-refractivity contribution in [1.82, 2.24) is 9.80 Å². The van der Waals surface area contributed by atoms with Crippen LogP contribution < -0.4 is 5.73 Å². The average molecular weight is 277 g/mol. The van der Waals surface area contributed by atoms with Crippen molar-refractivity contribution in [2.24, 2.45) is 5.73 Å². The van der Waals surface area contributed by atoms with Gasteiger partial charge in [0.2, 0.25) is 0 Å². The Morgan fingerprint density at radius 2 is 2.37 bits per heavy atom. The fraction of sp³-hybridized carbons (Fsp3) is 0.600. The van der Waals surface area contributed by atoms with Crippen LogP contribution in [0.1, 0.15) is 22.6 Å². The Morgan fingerprint density at radius 1 is 1.53 bits per heavy atom. The number of likely N-dealkylation sites (tertiary alicyclic amines) is 1. The number of hydrogen-bond donors (Lipinski definition) is 1. The van der Waals surface area contributed by atoms with Crippen LogP contribution in [-0.4, -0.2) is 49.6 Å². The van der Waals surface area contributed by atoms with Gasteiger partial charge in [0, 0.05) is 24.0 Å². The second-order valence-electron chi connectivity index (χ2n) is 5.25. The van der Waals surface area contributed by atoms with E-state index in [1.807, 2.05) is 0 Å². The highest BCUT2D eigenvalue weighted by Crippen LogP contribution is 2.20. The molecule has 0 spiro atoms. The molecule has 0 radical (unpaired) electrons. The van der Waals surface area contributed by atoms with E-state index in [4.69, 9.17) is 5.73 Å². The average Bonchev–Trinajstić information content (AvgIpc) is 2.84. The first-order chi connectivity index (χ1) is 9.19. The van der Waals surface area contributed by atoms with Gasteiger partial charge in [0.05, 0.1) is 11.4 Å². The molecular formula is C15H23N3S. The summed E-state index contributed by atoms with van der Waals surface area (Å²) in [7, 11) is 4.44. The largest absolute Gasteiger partial charge is 0.320 e. The van der Waals surface area contributed by atoms with Gasteiger partial charge in [-0.25, -0.2) is 0 Å². The van der Waals surface area contributed by atoms with Crippen molar-refractivity contribution < 1.29 is 0 Å². The summed E-state index contributed by atoms with van der Waals surface area (Å²) in [5, 5.41) is 0. The van der Waals surface area contributed by atoms with Gasteiger partial charge in [0.1, 0.15) is 0 Å². The predicted octanol–water partition coefficient (Wildman–Crippen LogP) is 1.58. The van der Waals surface area contributed by atoms with Gasteiger partial charge in [-0.15, -0.1) is 11.3 Å². The zero-order valence-electron chi connectivity index (χ0n) is 11.9. The summed E-state index contributed by atoms with van der Waals surface area (Å²) >= 11 is 1.78. The first kappa shape index (κ1) is 14.5. The molecule has 1 fully saturated rings. The minimum atomic E-state index is 0.432. The topological polar surface area (TPSA) is 32.5 Å². The van der Waals surface area contributed by atoms with Gasteiger partial charge < -0.3 is 10.6 Å². The van der Waals surface area contributed by atoms with Gasteiger partial charge in [-0.1, -0.05) is 11.8 Å². The highest BCUT2D eigenvalue weighted by molar-refractivity contribution is 7.12. The van der Waals surface area contributed by atoms with Crippen molar-refractivity contribution >= 4 is 11.3 Å². The molecule has 2 rings (SSSR count). The fourth-order valence-corrected chi connectivity index (χ4v) is 3.49. The van der Waals surface area contributed by atoms with Crippen LogP contribution in [0.5, 0.6) is 0 Å². The van der Waals surface area contributed by atoms with Crippen LogP contribution in [0.3, 0.4) is 0 Å². The van der Waals surface area contributed by atoms with Crippen molar-refractivity contribution in [3.8, 4) is 11.8 Å². The Bertz CT molecular complexity index is 457. The van der Waals surface area contributed by atoms with Crippen molar-refractivity contribution in [2.45, 2.75) is 25.4 Å². The Morgan fingerprint density at radius 3 is 3.11 bits per heavy atom. The molecule has 1 atom stereocenters. The molecule has 0 amide bonds. The van der Waals surface area contributed by atoms with Crippen molar-refractivity contribution in [2.75, 3.05) is 33.7 Å². The molecule has 3 nitrogen and oxygen atoms in total. The molecule has 1 saturated heterocycles. The number of hydrogen-bond acceptors (Lipinski definition) is 4. The molecular weight excluding hydrogens is 254 g/mol. The van der Waals surface area contributed by atoms with E-state index in [1.54, 1.807) is 11.3 Å². The number of piperidine rings is 1. The lowest BCUT2D eigenvalue weighted by molar-refractivity contribution is 0.130. The maximum absolute atomic E-state index is 5.39. The fourth-order valence-electron chi connectivity index (χ4n) is 2.54. The molecule has 19 heavy (non-hydrogen) atoms. The molecule has 4 heteroatoms. The Kier molecular flexibility index (Phi) is 5.41. The van der Waals surface area contributed by atoms with Crippen LogP contribution in [0, 0.1) is 11.8 Å². The lowest BCUT2D eigenvalue weighted by Crippen LogP contribution is -2.44. The van der Waals surface area contributed by atoms with E-state index >= 15 is 0 Å². The van der Waals surface area contributed by atoms with Gasteiger partial charge in [-0.05, 0) is 45.6 Å². The Labute approximate surface area is 120 Å². The summed E-state index contributed by atoms with van der Waals surface area (Å²) < 4.78 is 0. The summed E-state index contributed by atoms with van der Waals surface area (Å²) in [6.07, 6.45) is 2.62. The quantitative estimate of drug-likeness (QED) is 0.852. The minimum Gasteiger partial charge on any atom is -0.320 e. The molecule has 2 N–H and O–H groups in total. The summed E-state index contributed by atoms with van der Waals surface area (Å²) in [4.78, 5) is 7.41. The van der Waals surface area contributed by atoms with E-state index < -0.39 is 0 Å². The van der Waals surface area contributed by atoms with Crippen molar-refractivity contribution in [3.05, 3.63) is 21.9 Å². The molecule has 1 aromatic rings. The van der Waals surface area contributed by atoms with Crippen LogP contribution in [-0.2, 0) is 6.54 Å². The van der Waals surface area contributed by atoms with Gasteiger partial charge >= 0.3 is 0 Å². The highest BCUT2D eigenvalue weighted by atomic mass is 32.1. The summed E-state index contributed by atoms with van der Waals surface area (Å²) in [5.74, 6) is 6.01. The molecule has 0 aromatic carbocycles. The number of likely N-dealkylation sites (N-methyl/N-ethyl adjacent to an activating group) is 2. The summed E-state index contributed by atoms with van der Waals surface area (Å²) in [6.45, 7) is 3.87. The van der Waals surface area contributed by atoms with Gasteiger partial charge in [-0.3, -0.25) is 4.90 Å². The van der Waals surface area contributed by atoms with Gasteiger partial charge in [-0.2, -0.15) is 0 Å². The molecule has 1 unspecified atom stereocenters. The first-order valence-electron chi connectivity index (χ1n) is 6.85. The molecule has 1 aliphatic rings. The lowest BCUT2D eigenvalue weighted by atomic mass is 10.1. The van der Waals surface area contributed by atoms with E-state index in [0.717, 1.165) is 11.4 Å². The number of nitrogens with zero attached hydrogens (tertiary/aromatic N) is 2. The van der Waals surface area contributed by atoms with Gasteiger partial charge in [0.15, 0.2) is 0 Å². The first-order valence-corrected chi connectivity index (χ1v) is 7.67. The van der Waals surface area contributed by atoms with Crippen molar-refractivity contribution in [1.29, 1.82) is 0 Å². The molecule has 0 aliphatic carbocycles. The maximum atomic E-state index is 5.39. The van der Waals surface area contributed by atoms with Crippen molar-refractivity contribution in [3.63, 3.8) is 0 Å². The molecule has 2 heterocycles. The van der Waals surface area contributed by atoms with Crippen LogP contribution in [0.15, 0.2) is 12.1 Å². The van der Waals surface area contributed by atoms with Gasteiger partial charge in [0.25, 0.3) is 0 Å². The number of rotatable bonds is 3. The summed E-state index contributed by atoms with van der Waals surface area (Å²) in [5.41, 5.74) is 5.39. The lowest BCUT2D eigenvalue weighted by Gasteiger charge is -2.35. The standard InChI is InChI=1S/C15H23N3S/c1-17-10-4-5-13(11-17)18(2)12-15-8-7-14(19-15)6-3-9-16/h7-8,13H,4-5,9-12,16H2,1-2H3. The normalized spacial score (nSPS) is 20.3. The zero-order chi connectivity index (χ0) is 13.7. The molecule has 0 saturated carbocycles. The second-order valence-corrected chi connectivity index (χ2v) is 6.41. The van der Waals surface area contributed by atoms with Crippen LogP contribution in [0.25, 0.3) is 0 Å². The van der Waals surface area contributed by atoms with E-state index in [0.29, 0.717) is 12.6 Å². The SMILES string of the molecule is CN1CCCC(N(C)Cc2ccc(C#CCN)s2)C1. The van der Waals surface area contributed by atoms with E-state index in [9.17, 15) is 0 Å². The zero-order valence-corrected chi connectivity index (χ0v) is 12.7. The minimum absolute atomic E-state index is 0.432. The highest BCUT2D eigenvalue weighted by Gasteiger charge is 2.21. The molecule has 1 aliphatic heterocycles. The maximum Gasteiger partial charge on any atom is 0.0772 e. The summed E-state index contributed by atoms with van der Waals surface area (Å²) in [6, 6.07) is 4.97. The number of nitrogens with two attached hydrogens (primary N) is 1. The molecule has 104 valence electrons. The van der Waals surface area contributed by atoms with Crippen LogP contribution >= 0.6 is 11.3 Å². The third-order valence-corrected chi connectivity index (χ3v) is 4.59. The number of thiophene rings is 1. The monoisotopic (exact) mass is 277 g/mol. The third-order valence-electron chi connectivity index (χ3n) is 3.60. The Hall–Kier alpha value is -0.860. The van der Waals surface area contributed by atoms with E-state index in [1.165, 1.54) is 30.8 Å². The smallest absolute Gasteiger partial charge is 0.0772 e. The molecule has 1 aromatic heterocycles. The Balaban J connectivity index is 1.91. The molecule has 0 bridgehead atoms. The predicted molar refractivity (Wildman–Crippen MR) is 82.2 cm³/mol. The van der Waals surface area contributed by atoms with Crippen LogP contribution in [0.2, 0.25) is 0 Å². The van der Waals surface area contributed by atoms with E-state index in [-0.39, 0.29) is 0 Å². The van der Waals surface area contributed by atoms with Crippen LogP contribution in [0.4, 0.5) is 0 Å². The van der Waals surface area contributed by atoms with E-state index in [2.05, 4.69) is 47.9 Å².